The van der Waals surface area contributed by atoms with Gasteiger partial charge in [0.05, 0.1) is 0 Å². The van der Waals surface area contributed by atoms with Crippen LogP contribution in [0.3, 0.4) is 0 Å². The molecule has 0 bridgehead atoms. The van der Waals surface area contributed by atoms with Crippen LogP contribution in [-0.2, 0) is 4.80 Å². The monoisotopic (exact) mass is 377 g/mol. The maximum Gasteiger partial charge on any atom is 0.246 e. The molecule has 0 N–H and O–H groups in total. The van der Waals surface area contributed by atoms with E-state index in [2.05, 4.69) is 0 Å². The molecule has 0 aliphatic heterocycles. The van der Waals surface area contributed by atoms with Crippen molar-refractivity contribution in [3.8, 4) is 0 Å². The van der Waals surface area contributed by atoms with Gasteiger partial charge in [-0.1, -0.05) is 135 Å². The molecule has 3 fully saturated rings. The van der Waals surface area contributed by atoms with E-state index in [1.807, 2.05) is 0 Å². The van der Waals surface area contributed by atoms with Crippen LogP contribution >= 0.6 is 0 Å². The van der Waals surface area contributed by atoms with E-state index in [1.165, 1.54) is 135 Å². The third-order valence-corrected chi connectivity index (χ3v) is 13.8. The third kappa shape index (κ3) is 5.60. The van der Waals surface area contributed by atoms with Crippen molar-refractivity contribution in [2.24, 2.45) is 0 Å². The van der Waals surface area contributed by atoms with Crippen LogP contribution in [0.2, 0.25) is 16.6 Å². The second-order valence-corrected chi connectivity index (χ2v) is 14.1. The third-order valence-electron chi connectivity index (χ3n) is 8.23. The van der Waals surface area contributed by atoms with Gasteiger partial charge in [-0.2, -0.15) is 0 Å². The first kappa shape index (κ1) is 20.9. The molecule has 3 aliphatic carbocycles. The van der Waals surface area contributed by atoms with Crippen molar-refractivity contribution in [2.45, 2.75) is 151 Å². The van der Waals surface area contributed by atoms with E-state index in [1.54, 1.807) is 0 Å². The van der Waals surface area contributed by atoms with Crippen LogP contribution in [-0.4, -0.2) is 8.32 Å². The lowest BCUT2D eigenvalue weighted by Gasteiger charge is -2.45. The van der Waals surface area contributed by atoms with Crippen LogP contribution in [0, 0.1) is 0 Å². The minimum absolute atomic E-state index is 0.622. The Kier molecular flexibility index (Phi) is 9.04. The molecule has 3 aliphatic rings. The zero-order chi connectivity index (χ0) is 18.1. The van der Waals surface area contributed by atoms with Gasteiger partial charge < -0.3 is 0 Å². The Bertz CT molecular complexity index is 303. The van der Waals surface area contributed by atoms with Crippen LogP contribution < -0.4 is 0 Å². The van der Waals surface area contributed by atoms with Gasteiger partial charge in [-0.15, -0.1) is 0 Å². The van der Waals surface area contributed by atoms with E-state index in [0.29, 0.717) is 16.6 Å². The molecule has 0 atom stereocenters. The molecule has 0 spiro atoms. The summed E-state index contributed by atoms with van der Waals surface area (Å²) >= 11 is 0. The summed E-state index contributed by atoms with van der Waals surface area (Å²) in [5, 5.41) is 0. The number of rotatable bonds is 3. The van der Waals surface area contributed by atoms with E-state index in [9.17, 15) is 0 Å². The fourth-order valence-electron chi connectivity index (χ4n) is 6.72. The molecular weight excluding hydrogens is 332 g/mol. The molecule has 0 amide bonds. The second kappa shape index (κ2) is 11.2. The highest BCUT2D eigenvalue weighted by atomic mass is 28.4. The Morgan fingerprint density at radius 2 is 0.538 bits per heavy atom. The average molecular weight is 378 g/mol. The Balaban J connectivity index is 1.81. The topological polar surface area (TPSA) is 19.9 Å². The summed E-state index contributed by atoms with van der Waals surface area (Å²) in [6.45, 7) is 0. The Hall–Kier alpha value is 0.177. The van der Waals surface area contributed by atoms with E-state index in [-0.39, 0.29) is 0 Å². The van der Waals surface area contributed by atoms with Gasteiger partial charge in [-0.25, -0.2) is 0 Å². The van der Waals surface area contributed by atoms with Gasteiger partial charge in [-0.3, -0.25) is 4.80 Å². The minimum atomic E-state index is -2.46. The van der Waals surface area contributed by atoms with Gasteiger partial charge in [0.2, 0.25) is 8.32 Å². The first-order valence-corrected chi connectivity index (χ1v) is 14.7. The van der Waals surface area contributed by atoms with Crippen LogP contribution in [0.15, 0.2) is 0 Å². The van der Waals surface area contributed by atoms with Crippen molar-refractivity contribution in [2.75, 3.05) is 0 Å². The zero-order valence-electron chi connectivity index (χ0n) is 17.5. The quantitative estimate of drug-likeness (QED) is 0.438. The van der Waals surface area contributed by atoms with Gasteiger partial charge >= 0.3 is 0 Å². The highest BCUT2D eigenvalue weighted by molar-refractivity contribution is 6.76. The molecule has 0 aromatic carbocycles. The normalized spacial score (nSPS) is 27.6. The summed E-state index contributed by atoms with van der Waals surface area (Å²) < 4.78 is 0. The number of hydrogen-bond donors (Lipinski definition) is 0. The largest absolute Gasteiger partial charge is 0.296 e. The molecule has 1 radical (unpaired) electrons. The van der Waals surface area contributed by atoms with Gasteiger partial charge in [0.1, 0.15) is 0 Å². The van der Waals surface area contributed by atoms with Crippen molar-refractivity contribution in [1.82, 2.24) is 0 Å². The Morgan fingerprint density at radius 3 is 0.769 bits per heavy atom. The van der Waals surface area contributed by atoms with Crippen molar-refractivity contribution in [3.63, 3.8) is 0 Å². The highest BCUT2D eigenvalue weighted by Gasteiger charge is 2.53. The molecular formula is C24H45OSi. The van der Waals surface area contributed by atoms with Crippen LogP contribution in [0.1, 0.15) is 135 Å². The fourth-order valence-corrected chi connectivity index (χ4v) is 12.7. The summed E-state index contributed by atoms with van der Waals surface area (Å²) in [6, 6.07) is 0. The lowest BCUT2D eigenvalue weighted by molar-refractivity contribution is 0.304. The van der Waals surface area contributed by atoms with Crippen LogP contribution in [0.25, 0.3) is 0 Å². The molecule has 0 aromatic rings. The lowest BCUT2D eigenvalue weighted by atomic mass is 9.99. The smallest absolute Gasteiger partial charge is 0.246 e. The van der Waals surface area contributed by atoms with Gasteiger partial charge in [-0.05, 0) is 16.6 Å². The van der Waals surface area contributed by atoms with Gasteiger partial charge in [0.15, 0.2) is 0 Å². The molecule has 26 heavy (non-hydrogen) atoms. The predicted octanol–water partition coefficient (Wildman–Crippen LogP) is 8.71. The maximum atomic E-state index is 15.1. The molecule has 151 valence electrons. The van der Waals surface area contributed by atoms with Crippen molar-refractivity contribution < 1.29 is 4.80 Å². The van der Waals surface area contributed by atoms with Gasteiger partial charge in [0, 0.05) is 0 Å². The molecule has 3 saturated carbocycles. The predicted molar refractivity (Wildman–Crippen MR) is 115 cm³/mol. The molecule has 0 aromatic heterocycles. The Labute approximate surface area is 164 Å². The van der Waals surface area contributed by atoms with E-state index in [4.69, 9.17) is 0 Å². The first-order chi connectivity index (χ1) is 12.8. The second-order valence-electron chi connectivity index (χ2n) is 9.98. The van der Waals surface area contributed by atoms with E-state index < -0.39 is 8.32 Å². The maximum absolute atomic E-state index is 15.1. The van der Waals surface area contributed by atoms with Gasteiger partial charge in [0.25, 0.3) is 0 Å². The van der Waals surface area contributed by atoms with Crippen molar-refractivity contribution in [3.05, 3.63) is 0 Å². The molecule has 2 heteroatoms. The lowest BCUT2D eigenvalue weighted by Crippen LogP contribution is -2.49. The molecule has 0 heterocycles. The minimum Gasteiger partial charge on any atom is -0.296 e. The molecule has 1 nitrogen and oxygen atoms in total. The van der Waals surface area contributed by atoms with Crippen molar-refractivity contribution in [1.29, 1.82) is 0 Å². The standard InChI is InChI=1S/C24H45OSi/c25-26(22-16-10-4-1-5-11-17-22,23-18-12-6-2-7-13-19-23)24-20-14-8-3-9-15-21-24/h22-24H,1-21H2. The average Bonchev–Trinajstić information content (AvgIpc) is 2.53. The summed E-state index contributed by atoms with van der Waals surface area (Å²) in [5.74, 6) is 0. The summed E-state index contributed by atoms with van der Waals surface area (Å²) in [6.07, 6.45) is 28.7. The molecule has 0 saturated heterocycles. The fraction of sp³-hybridized carbons (Fsp3) is 1.00. The zero-order valence-corrected chi connectivity index (χ0v) is 18.5. The van der Waals surface area contributed by atoms with Crippen molar-refractivity contribution >= 4 is 8.32 Å². The molecule has 3 rings (SSSR count). The summed E-state index contributed by atoms with van der Waals surface area (Å²) in [4.78, 5) is 15.1. The summed E-state index contributed by atoms with van der Waals surface area (Å²) in [7, 11) is -2.46. The molecule has 0 unspecified atom stereocenters. The first-order valence-electron chi connectivity index (χ1n) is 12.5. The number of hydrogen-bond acceptors (Lipinski definition) is 0. The van der Waals surface area contributed by atoms with Crippen LogP contribution in [0.5, 0.6) is 0 Å². The van der Waals surface area contributed by atoms with E-state index in [0.717, 1.165) is 0 Å². The Morgan fingerprint density at radius 1 is 0.346 bits per heavy atom. The summed E-state index contributed by atoms with van der Waals surface area (Å²) in [5.41, 5.74) is 1.87. The van der Waals surface area contributed by atoms with E-state index >= 15 is 4.80 Å². The highest BCUT2D eigenvalue weighted by Crippen LogP contribution is 2.53. The SMILES string of the molecule is [O][Si](C1CCCCCCC1)(C1CCCCCCC1)C1CCCCCCC1. The van der Waals surface area contributed by atoms with Crippen LogP contribution in [0.4, 0.5) is 0 Å².